The van der Waals surface area contributed by atoms with Gasteiger partial charge in [0, 0.05) is 5.33 Å². The molecular formula is C9H19BrS. The Morgan fingerprint density at radius 2 is 2.09 bits per heavy atom. The van der Waals surface area contributed by atoms with Crippen molar-refractivity contribution in [2.24, 2.45) is 5.92 Å². The van der Waals surface area contributed by atoms with Gasteiger partial charge in [-0.2, -0.15) is 11.8 Å². The Bertz CT molecular complexity index is 72.0. The van der Waals surface area contributed by atoms with E-state index in [0.717, 1.165) is 5.92 Å². The molecule has 0 aromatic heterocycles. The number of hydrogen-bond donors (Lipinski definition) is 0. The van der Waals surface area contributed by atoms with Crippen LogP contribution in [-0.2, 0) is 0 Å². The molecule has 0 amide bonds. The maximum Gasteiger partial charge on any atom is 0.00674 e. The Labute approximate surface area is 83.6 Å². The van der Waals surface area contributed by atoms with E-state index in [1.807, 2.05) is 0 Å². The second-order valence-corrected chi connectivity index (χ2v) is 4.65. The monoisotopic (exact) mass is 238 g/mol. The lowest BCUT2D eigenvalue weighted by Gasteiger charge is -2.09. The minimum atomic E-state index is 0.886. The molecule has 0 spiro atoms. The van der Waals surface area contributed by atoms with Gasteiger partial charge in [0.05, 0.1) is 0 Å². The van der Waals surface area contributed by atoms with Crippen molar-refractivity contribution in [2.45, 2.75) is 33.1 Å². The normalized spacial score (nSPS) is 13.4. The van der Waals surface area contributed by atoms with Crippen LogP contribution in [0.5, 0.6) is 0 Å². The van der Waals surface area contributed by atoms with Gasteiger partial charge in [0.25, 0.3) is 0 Å². The van der Waals surface area contributed by atoms with Crippen LogP contribution in [0.25, 0.3) is 0 Å². The van der Waals surface area contributed by atoms with Gasteiger partial charge in [-0.15, -0.1) is 0 Å². The van der Waals surface area contributed by atoms with E-state index in [9.17, 15) is 0 Å². The molecule has 0 nitrogen and oxygen atoms in total. The SMILES string of the molecule is CCCCSCC(CC)CBr. The summed E-state index contributed by atoms with van der Waals surface area (Å²) in [5.41, 5.74) is 0. The molecule has 68 valence electrons. The third-order valence-corrected chi connectivity index (χ3v) is 3.99. The first-order chi connectivity index (χ1) is 5.35. The lowest BCUT2D eigenvalue weighted by molar-refractivity contribution is 0.652. The van der Waals surface area contributed by atoms with E-state index in [4.69, 9.17) is 0 Å². The fourth-order valence-electron chi connectivity index (χ4n) is 0.768. The van der Waals surface area contributed by atoms with E-state index in [-0.39, 0.29) is 0 Å². The van der Waals surface area contributed by atoms with Crippen molar-refractivity contribution in [2.75, 3.05) is 16.8 Å². The Balaban J connectivity index is 3.07. The second-order valence-electron chi connectivity index (χ2n) is 2.86. The van der Waals surface area contributed by atoms with Crippen LogP contribution in [0.3, 0.4) is 0 Å². The van der Waals surface area contributed by atoms with Gasteiger partial charge in [-0.25, -0.2) is 0 Å². The molecule has 0 radical (unpaired) electrons. The van der Waals surface area contributed by atoms with Gasteiger partial charge >= 0.3 is 0 Å². The molecule has 0 aliphatic carbocycles. The molecule has 11 heavy (non-hydrogen) atoms. The van der Waals surface area contributed by atoms with Crippen LogP contribution in [0.15, 0.2) is 0 Å². The zero-order chi connectivity index (χ0) is 8.53. The van der Waals surface area contributed by atoms with Crippen LogP contribution in [0, 0.1) is 5.92 Å². The molecule has 1 unspecified atom stereocenters. The quantitative estimate of drug-likeness (QED) is 0.479. The highest BCUT2D eigenvalue weighted by atomic mass is 79.9. The molecule has 0 fully saturated rings. The second kappa shape index (κ2) is 8.92. The maximum absolute atomic E-state index is 3.53. The molecule has 0 heterocycles. The van der Waals surface area contributed by atoms with Crippen molar-refractivity contribution in [3.05, 3.63) is 0 Å². The predicted molar refractivity (Wildman–Crippen MR) is 59.8 cm³/mol. The van der Waals surface area contributed by atoms with Crippen LogP contribution in [0.4, 0.5) is 0 Å². The minimum Gasteiger partial charge on any atom is -0.162 e. The largest absolute Gasteiger partial charge is 0.162 e. The molecule has 0 aromatic rings. The highest BCUT2D eigenvalue weighted by molar-refractivity contribution is 9.09. The summed E-state index contributed by atoms with van der Waals surface area (Å²) in [6.45, 7) is 4.52. The van der Waals surface area contributed by atoms with Crippen molar-refractivity contribution in [3.8, 4) is 0 Å². The number of halogens is 1. The summed E-state index contributed by atoms with van der Waals surface area (Å²) in [6.07, 6.45) is 4.02. The van der Waals surface area contributed by atoms with Crippen LogP contribution < -0.4 is 0 Å². The van der Waals surface area contributed by atoms with Gasteiger partial charge in [-0.3, -0.25) is 0 Å². The minimum absolute atomic E-state index is 0.886. The molecule has 0 aliphatic rings. The van der Waals surface area contributed by atoms with Crippen LogP contribution in [-0.4, -0.2) is 16.8 Å². The maximum atomic E-state index is 3.53. The van der Waals surface area contributed by atoms with Gasteiger partial charge < -0.3 is 0 Å². The van der Waals surface area contributed by atoms with E-state index in [0.29, 0.717) is 0 Å². The van der Waals surface area contributed by atoms with Crippen LogP contribution >= 0.6 is 27.7 Å². The average Bonchev–Trinajstić information content (AvgIpc) is 2.05. The van der Waals surface area contributed by atoms with Gasteiger partial charge in [0.2, 0.25) is 0 Å². The van der Waals surface area contributed by atoms with Crippen LogP contribution in [0.2, 0.25) is 0 Å². The molecule has 1 atom stereocenters. The van der Waals surface area contributed by atoms with E-state index in [1.165, 1.54) is 36.1 Å². The van der Waals surface area contributed by atoms with Gasteiger partial charge in [0.15, 0.2) is 0 Å². The van der Waals surface area contributed by atoms with E-state index in [2.05, 4.69) is 41.5 Å². The van der Waals surface area contributed by atoms with Gasteiger partial charge in [-0.05, 0) is 23.8 Å². The summed E-state index contributed by atoms with van der Waals surface area (Å²) in [4.78, 5) is 0. The smallest absolute Gasteiger partial charge is 0.00674 e. The van der Waals surface area contributed by atoms with Crippen LogP contribution in [0.1, 0.15) is 33.1 Å². The molecular weight excluding hydrogens is 220 g/mol. The molecule has 0 rings (SSSR count). The lowest BCUT2D eigenvalue weighted by Crippen LogP contribution is -2.03. The summed E-state index contributed by atoms with van der Waals surface area (Å²) in [5, 5.41) is 1.17. The number of thioether (sulfide) groups is 1. The topological polar surface area (TPSA) is 0 Å². The first-order valence-corrected chi connectivity index (χ1v) is 6.76. The summed E-state index contributed by atoms with van der Waals surface area (Å²) >= 11 is 5.64. The third-order valence-electron chi connectivity index (χ3n) is 1.79. The lowest BCUT2D eigenvalue weighted by atomic mass is 10.2. The highest BCUT2D eigenvalue weighted by Crippen LogP contribution is 2.15. The summed E-state index contributed by atoms with van der Waals surface area (Å²) < 4.78 is 0. The molecule has 0 aromatic carbocycles. The molecule has 0 aliphatic heterocycles. The summed E-state index contributed by atoms with van der Waals surface area (Å²) in [6, 6.07) is 0. The first-order valence-electron chi connectivity index (χ1n) is 4.48. The first kappa shape index (κ1) is 11.8. The molecule has 0 saturated heterocycles. The number of rotatable bonds is 7. The standard InChI is InChI=1S/C9H19BrS/c1-3-5-6-11-8-9(4-2)7-10/h9H,3-8H2,1-2H3. The Hall–Kier alpha value is 0.830. The fourth-order valence-corrected chi connectivity index (χ4v) is 3.10. The van der Waals surface area contributed by atoms with Gasteiger partial charge in [-0.1, -0.05) is 42.6 Å². The zero-order valence-corrected chi connectivity index (χ0v) is 10.0. The van der Waals surface area contributed by atoms with E-state index >= 15 is 0 Å². The molecule has 0 bridgehead atoms. The van der Waals surface area contributed by atoms with Crippen molar-refractivity contribution in [1.82, 2.24) is 0 Å². The Morgan fingerprint density at radius 3 is 2.55 bits per heavy atom. The fraction of sp³-hybridized carbons (Fsp3) is 1.00. The average molecular weight is 239 g/mol. The van der Waals surface area contributed by atoms with E-state index in [1.54, 1.807) is 0 Å². The Kier molecular flexibility index (Phi) is 9.60. The molecule has 0 N–H and O–H groups in total. The van der Waals surface area contributed by atoms with Crippen molar-refractivity contribution < 1.29 is 0 Å². The summed E-state index contributed by atoms with van der Waals surface area (Å²) in [7, 11) is 0. The molecule has 2 heteroatoms. The highest BCUT2D eigenvalue weighted by Gasteiger charge is 2.02. The third kappa shape index (κ3) is 7.20. The predicted octanol–water partition coefficient (Wildman–Crippen LogP) is 3.94. The number of alkyl halides is 1. The summed E-state index contributed by atoms with van der Waals surface area (Å²) in [5.74, 6) is 3.57. The Morgan fingerprint density at radius 1 is 1.36 bits per heavy atom. The molecule has 0 saturated carbocycles. The number of hydrogen-bond acceptors (Lipinski definition) is 1. The number of unbranched alkanes of at least 4 members (excludes halogenated alkanes) is 1. The van der Waals surface area contributed by atoms with Gasteiger partial charge in [0.1, 0.15) is 0 Å². The zero-order valence-electron chi connectivity index (χ0n) is 7.61. The van der Waals surface area contributed by atoms with Crippen molar-refractivity contribution in [1.29, 1.82) is 0 Å². The van der Waals surface area contributed by atoms with Crippen molar-refractivity contribution >= 4 is 27.7 Å². The van der Waals surface area contributed by atoms with Crippen molar-refractivity contribution in [3.63, 3.8) is 0 Å². The van der Waals surface area contributed by atoms with E-state index < -0.39 is 0 Å².